The Hall–Kier alpha value is -2.33. The molecule has 2 atom stereocenters. The van der Waals surface area contributed by atoms with Gasteiger partial charge >= 0.3 is 0 Å². The van der Waals surface area contributed by atoms with Crippen molar-refractivity contribution in [2.45, 2.75) is 39.5 Å². The number of anilines is 1. The summed E-state index contributed by atoms with van der Waals surface area (Å²) < 4.78 is 11.0. The average Bonchev–Trinajstić information content (AvgIpc) is 3.33. The number of thiazole rings is 2. The molecule has 0 spiro atoms. The first-order valence-electron chi connectivity index (χ1n) is 10.2. The highest BCUT2D eigenvalue weighted by Crippen LogP contribution is 2.30. The molecule has 1 aliphatic heterocycles. The minimum Gasteiger partial charge on any atom is -0.497 e. The molecule has 3 aromatic rings. The summed E-state index contributed by atoms with van der Waals surface area (Å²) in [5.74, 6) is 0.611. The maximum Gasteiger partial charge on any atom is 0.269 e. The van der Waals surface area contributed by atoms with Gasteiger partial charge in [-0.3, -0.25) is 15.0 Å². The fourth-order valence-electron chi connectivity index (χ4n) is 3.70. The number of ether oxygens (including phenoxy) is 2. The molecule has 1 N–H and O–H groups in total. The second-order valence-electron chi connectivity index (χ2n) is 7.71. The maximum absolute atomic E-state index is 12.8. The second kappa shape index (κ2) is 9.44. The number of hydrogen-bond acceptors (Lipinski definition) is 8. The van der Waals surface area contributed by atoms with Crippen molar-refractivity contribution in [3.05, 3.63) is 45.9 Å². The number of hydrogen-bond donors (Lipinski definition) is 1. The van der Waals surface area contributed by atoms with Crippen molar-refractivity contribution in [3.63, 3.8) is 0 Å². The van der Waals surface area contributed by atoms with E-state index in [9.17, 15) is 4.79 Å². The van der Waals surface area contributed by atoms with E-state index < -0.39 is 0 Å². The zero-order valence-corrected chi connectivity index (χ0v) is 19.7. The number of aryl methyl sites for hydroxylation is 1. The molecule has 0 unspecified atom stereocenters. The van der Waals surface area contributed by atoms with E-state index in [2.05, 4.69) is 34.0 Å². The lowest BCUT2D eigenvalue weighted by Crippen LogP contribution is -2.44. The van der Waals surface area contributed by atoms with Gasteiger partial charge in [-0.2, -0.15) is 0 Å². The number of nitrogens with zero attached hydrogens (tertiary/aromatic N) is 3. The highest BCUT2D eigenvalue weighted by molar-refractivity contribution is 7.17. The normalized spacial score (nSPS) is 19.4. The average molecular weight is 459 g/mol. The summed E-state index contributed by atoms with van der Waals surface area (Å²) in [7, 11) is 1.64. The van der Waals surface area contributed by atoms with E-state index >= 15 is 0 Å². The molecular formula is C22H26N4O3S2. The molecule has 1 aliphatic rings. The van der Waals surface area contributed by atoms with Crippen LogP contribution >= 0.6 is 22.7 Å². The predicted molar refractivity (Wildman–Crippen MR) is 124 cm³/mol. The lowest BCUT2D eigenvalue weighted by atomic mass is 10.2. The van der Waals surface area contributed by atoms with E-state index in [0.29, 0.717) is 15.7 Å². The van der Waals surface area contributed by atoms with E-state index in [0.717, 1.165) is 41.6 Å². The molecular weight excluding hydrogens is 432 g/mol. The van der Waals surface area contributed by atoms with Crippen LogP contribution in [0.1, 0.15) is 34.9 Å². The summed E-state index contributed by atoms with van der Waals surface area (Å²) in [5, 5.41) is 6.35. The number of carbonyl (C=O) groups is 1. The van der Waals surface area contributed by atoms with Crippen LogP contribution in [0.25, 0.3) is 10.6 Å². The van der Waals surface area contributed by atoms with E-state index in [4.69, 9.17) is 9.47 Å². The Balaban J connectivity index is 1.41. The quantitative estimate of drug-likeness (QED) is 0.588. The number of nitrogens with one attached hydrogen (secondary N) is 1. The molecule has 1 fully saturated rings. The van der Waals surface area contributed by atoms with Gasteiger partial charge in [0.05, 0.1) is 30.7 Å². The van der Waals surface area contributed by atoms with Crippen LogP contribution < -0.4 is 10.1 Å². The predicted octanol–water partition coefficient (Wildman–Crippen LogP) is 4.45. The van der Waals surface area contributed by atoms with E-state index in [1.807, 2.05) is 36.6 Å². The van der Waals surface area contributed by atoms with Crippen LogP contribution in [-0.4, -0.2) is 53.2 Å². The summed E-state index contributed by atoms with van der Waals surface area (Å²) >= 11 is 2.83. The monoisotopic (exact) mass is 458 g/mol. The second-order valence-corrected chi connectivity index (χ2v) is 9.57. The Bertz CT molecular complexity index is 1040. The molecule has 0 saturated carbocycles. The number of methoxy groups -OCH3 is 1. The lowest BCUT2D eigenvalue weighted by molar-refractivity contribution is -0.0707. The molecule has 0 bridgehead atoms. The third-order valence-corrected chi connectivity index (χ3v) is 7.00. The summed E-state index contributed by atoms with van der Waals surface area (Å²) in [6.07, 6.45) is 0.437. The molecule has 2 aromatic heterocycles. The van der Waals surface area contributed by atoms with Crippen LogP contribution in [0.2, 0.25) is 0 Å². The third-order valence-electron chi connectivity index (χ3n) is 4.99. The molecule has 1 amide bonds. The van der Waals surface area contributed by atoms with Gasteiger partial charge in [0, 0.05) is 30.6 Å². The summed E-state index contributed by atoms with van der Waals surface area (Å²) in [6.45, 7) is 8.56. The van der Waals surface area contributed by atoms with Crippen LogP contribution in [0.15, 0.2) is 29.6 Å². The first kappa shape index (κ1) is 21.9. The largest absolute Gasteiger partial charge is 0.497 e. The zero-order valence-electron chi connectivity index (χ0n) is 18.0. The van der Waals surface area contributed by atoms with Gasteiger partial charge in [0.2, 0.25) is 0 Å². The fraction of sp³-hybridized carbons (Fsp3) is 0.409. The zero-order chi connectivity index (χ0) is 22.0. The number of rotatable bonds is 6. The Labute approximate surface area is 190 Å². The maximum atomic E-state index is 12.8. The van der Waals surface area contributed by atoms with Crippen LogP contribution in [0.3, 0.4) is 0 Å². The number of aromatic nitrogens is 2. The Morgan fingerprint density at radius 1 is 1.23 bits per heavy atom. The van der Waals surface area contributed by atoms with Crippen molar-refractivity contribution in [3.8, 4) is 16.3 Å². The highest BCUT2D eigenvalue weighted by atomic mass is 32.1. The van der Waals surface area contributed by atoms with Crippen molar-refractivity contribution < 1.29 is 14.3 Å². The van der Waals surface area contributed by atoms with E-state index in [1.165, 1.54) is 22.7 Å². The molecule has 0 radical (unpaired) electrons. The van der Waals surface area contributed by atoms with Crippen molar-refractivity contribution in [1.29, 1.82) is 0 Å². The number of benzene rings is 1. The van der Waals surface area contributed by atoms with Gasteiger partial charge in [-0.25, -0.2) is 9.97 Å². The molecule has 164 valence electrons. The van der Waals surface area contributed by atoms with Gasteiger partial charge in [-0.05, 0) is 45.0 Å². The van der Waals surface area contributed by atoms with Crippen LogP contribution in [0, 0.1) is 6.92 Å². The Morgan fingerprint density at radius 3 is 2.61 bits per heavy atom. The van der Waals surface area contributed by atoms with E-state index in [-0.39, 0.29) is 18.1 Å². The SMILES string of the molecule is COc1ccc(-c2nc(C)c(C(=O)Nc3nc(CN4C[C@H](C)O[C@@H](C)C4)cs3)s2)cc1. The van der Waals surface area contributed by atoms with Crippen molar-refractivity contribution in [2.75, 3.05) is 25.5 Å². The van der Waals surface area contributed by atoms with Gasteiger partial charge in [0.15, 0.2) is 5.13 Å². The number of amides is 1. The van der Waals surface area contributed by atoms with Crippen molar-refractivity contribution in [1.82, 2.24) is 14.9 Å². The molecule has 1 saturated heterocycles. The highest BCUT2D eigenvalue weighted by Gasteiger charge is 2.23. The minimum absolute atomic E-state index is 0.177. The van der Waals surface area contributed by atoms with Gasteiger partial charge < -0.3 is 9.47 Å². The van der Waals surface area contributed by atoms with Gasteiger partial charge in [0.25, 0.3) is 5.91 Å². The Morgan fingerprint density at radius 2 is 1.94 bits per heavy atom. The Kier molecular flexibility index (Phi) is 6.66. The number of morpholine rings is 1. The first-order valence-corrected chi connectivity index (χ1v) is 11.9. The first-order chi connectivity index (χ1) is 14.9. The molecule has 9 heteroatoms. The van der Waals surface area contributed by atoms with Gasteiger partial charge in [-0.15, -0.1) is 22.7 Å². The van der Waals surface area contributed by atoms with Gasteiger partial charge in [-0.1, -0.05) is 0 Å². The molecule has 7 nitrogen and oxygen atoms in total. The molecule has 3 heterocycles. The molecule has 1 aromatic carbocycles. The molecule has 31 heavy (non-hydrogen) atoms. The summed E-state index contributed by atoms with van der Waals surface area (Å²) in [5.41, 5.74) is 2.63. The lowest BCUT2D eigenvalue weighted by Gasteiger charge is -2.34. The van der Waals surface area contributed by atoms with Crippen molar-refractivity contribution >= 4 is 33.7 Å². The summed E-state index contributed by atoms with van der Waals surface area (Å²) in [4.78, 5) is 25.0. The smallest absolute Gasteiger partial charge is 0.269 e. The molecule has 0 aliphatic carbocycles. The van der Waals surface area contributed by atoms with E-state index in [1.54, 1.807) is 7.11 Å². The number of carbonyl (C=O) groups excluding carboxylic acids is 1. The van der Waals surface area contributed by atoms with Crippen LogP contribution in [0.5, 0.6) is 5.75 Å². The third kappa shape index (κ3) is 5.30. The van der Waals surface area contributed by atoms with Gasteiger partial charge in [0.1, 0.15) is 15.6 Å². The van der Waals surface area contributed by atoms with Crippen molar-refractivity contribution in [2.24, 2.45) is 0 Å². The standard InChI is InChI=1S/C22H26N4O3S2/c1-13-9-26(10-14(2)29-13)11-17-12-30-22(24-17)25-20(27)19-15(3)23-21(31-19)16-5-7-18(28-4)8-6-16/h5-8,12-14H,9-11H2,1-4H3,(H,24,25,27)/t13-,14-/m0/s1. The molecule has 4 rings (SSSR count). The topological polar surface area (TPSA) is 76.6 Å². The fourth-order valence-corrected chi connectivity index (χ4v) is 5.36. The summed E-state index contributed by atoms with van der Waals surface area (Å²) in [6, 6.07) is 7.66. The minimum atomic E-state index is -0.177. The van der Waals surface area contributed by atoms with Crippen LogP contribution in [-0.2, 0) is 11.3 Å². The van der Waals surface area contributed by atoms with Crippen LogP contribution in [0.4, 0.5) is 5.13 Å².